The van der Waals surface area contributed by atoms with Crippen LogP contribution < -0.4 is 5.73 Å². The molecule has 1 rings (SSSR count). The topological polar surface area (TPSA) is 64.2 Å². The van der Waals surface area contributed by atoms with Crippen LogP contribution in [0.4, 0.5) is 5.82 Å². The Morgan fingerprint density at radius 1 is 1.50 bits per heavy atom. The Bertz CT molecular complexity index is 417. The lowest BCUT2D eigenvalue weighted by Gasteiger charge is -2.20. The largest absolute Gasteiger partial charge is 0.384 e. The first-order valence-corrected chi connectivity index (χ1v) is 6.39. The van der Waals surface area contributed by atoms with E-state index in [2.05, 4.69) is 12.0 Å². The fraction of sp³-hybridized carbons (Fsp3) is 0.692. The standard InChI is InChI=1S/C13H24N4O/c1-6-7-8-16(5)12(18)10-9-11(14)17(15-10)13(2,3)4/h9H,6-8,14H2,1-5H3. The minimum Gasteiger partial charge on any atom is -0.384 e. The maximum absolute atomic E-state index is 12.1. The number of carbonyl (C=O) groups excluding carboxylic acids is 1. The molecule has 0 unspecified atom stereocenters. The van der Waals surface area contributed by atoms with Gasteiger partial charge in [-0.1, -0.05) is 13.3 Å². The second-order valence-corrected chi connectivity index (χ2v) is 5.62. The van der Waals surface area contributed by atoms with Crippen molar-refractivity contribution in [2.24, 2.45) is 0 Å². The number of nitrogen functional groups attached to an aromatic ring is 1. The van der Waals surface area contributed by atoms with Gasteiger partial charge in [0.05, 0.1) is 5.54 Å². The van der Waals surface area contributed by atoms with E-state index in [4.69, 9.17) is 5.73 Å². The predicted octanol–water partition coefficient (Wildman–Crippen LogP) is 2.09. The van der Waals surface area contributed by atoms with E-state index in [0.717, 1.165) is 19.4 Å². The van der Waals surface area contributed by atoms with Crippen LogP contribution in [-0.4, -0.2) is 34.2 Å². The van der Waals surface area contributed by atoms with Gasteiger partial charge in [0, 0.05) is 19.7 Å². The van der Waals surface area contributed by atoms with Crippen LogP contribution in [0.1, 0.15) is 51.0 Å². The van der Waals surface area contributed by atoms with Gasteiger partial charge < -0.3 is 10.6 Å². The van der Waals surface area contributed by atoms with Gasteiger partial charge in [-0.3, -0.25) is 4.79 Å². The van der Waals surface area contributed by atoms with E-state index in [9.17, 15) is 4.79 Å². The molecule has 0 fully saturated rings. The fourth-order valence-electron chi connectivity index (χ4n) is 1.73. The molecular formula is C13H24N4O. The van der Waals surface area contributed by atoms with Crippen LogP contribution >= 0.6 is 0 Å². The Kier molecular flexibility index (Phi) is 4.38. The maximum Gasteiger partial charge on any atom is 0.274 e. The number of nitrogens with two attached hydrogens (primary N) is 1. The van der Waals surface area contributed by atoms with Crippen molar-refractivity contribution in [3.05, 3.63) is 11.8 Å². The van der Waals surface area contributed by atoms with E-state index >= 15 is 0 Å². The Morgan fingerprint density at radius 2 is 2.11 bits per heavy atom. The van der Waals surface area contributed by atoms with E-state index in [1.807, 2.05) is 20.8 Å². The maximum atomic E-state index is 12.1. The summed E-state index contributed by atoms with van der Waals surface area (Å²) in [6.07, 6.45) is 2.06. The van der Waals surface area contributed by atoms with Crippen LogP contribution in [0.25, 0.3) is 0 Å². The zero-order valence-corrected chi connectivity index (χ0v) is 12.0. The third kappa shape index (κ3) is 3.24. The van der Waals surface area contributed by atoms with E-state index in [1.54, 1.807) is 22.7 Å². The Labute approximate surface area is 109 Å². The smallest absolute Gasteiger partial charge is 0.274 e. The summed E-state index contributed by atoms with van der Waals surface area (Å²) in [6, 6.07) is 1.65. The normalized spacial score (nSPS) is 11.6. The molecule has 0 saturated carbocycles. The number of hydrogen-bond donors (Lipinski definition) is 1. The van der Waals surface area contributed by atoms with Crippen molar-refractivity contribution in [2.75, 3.05) is 19.3 Å². The molecule has 0 radical (unpaired) electrons. The van der Waals surface area contributed by atoms with Gasteiger partial charge >= 0.3 is 0 Å². The Morgan fingerprint density at radius 3 is 2.56 bits per heavy atom. The molecule has 2 N–H and O–H groups in total. The first-order valence-electron chi connectivity index (χ1n) is 6.39. The predicted molar refractivity (Wildman–Crippen MR) is 73.5 cm³/mol. The third-order valence-electron chi connectivity index (χ3n) is 2.79. The van der Waals surface area contributed by atoms with Crippen molar-refractivity contribution in [1.82, 2.24) is 14.7 Å². The van der Waals surface area contributed by atoms with Gasteiger partial charge in [-0.25, -0.2) is 4.68 Å². The summed E-state index contributed by atoms with van der Waals surface area (Å²) < 4.78 is 1.69. The van der Waals surface area contributed by atoms with Crippen LogP contribution in [0, 0.1) is 0 Å². The molecule has 0 aromatic carbocycles. The molecule has 0 bridgehead atoms. The lowest BCUT2D eigenvalue weighted by Crippen LogP contribution is -2.29. The highest BCUT2D eigenvalue weighted by Crippen LogP contribution is 2.19. The van der Waals surface area contributed by atoms with E-state index in [0.29, 0.717) is 11.5 Å². The minimum atomic E-state index is -0.218. The van der Waals surface area contributed by atoms with Gasteiger partial charge in [0.15, 0.2) is 5.69 Å². The molecule has 0 aliphatic heterocycles. The molecular weight excluding hydrogens is 228 g/mol. The zero-order chi connectivity index (χ0) is 13.9. The molecule has 1 heterocycles. The quantitative estimate of drug-likeness (QED) is 0.892. The summed E-state index contributed by atoms with van der Waals surface area (Å²) in [5.41, 5.74) is 6.10. The van der Waals surface area contributed by atoms with E-state index in [1.165, 1.54) is 0 Å². The SMILES string of the molecule is CCCCN(C)C(=O)c1cc(N)n(C(C)(C)C)n1. The van der Waals surface area contributed by atoms with Crippen molar-refractivity contribution in [1.29, 1.82) is 0 Å². The van der Waals surface area contributed by atoms with Crippen molar-refractivity contribution >= 4 is 11.7 Å². The van der Waals surface area contributed by atoms with Crippen LogP contribution in [-0.2, 0) is 5.54 Å². The summed E-state index contributed by atoms with van der Waals surface area (Å²) in [7, 11) is 1.80. The highest BCUT2D eigenvalue weighted by Gasteiger charge is 2.22. The van der Waals surface area contributed by atoms with Crippen molar-refractivity contribution in [2.45, 2.75) is 46.1 Å². The first kappa shape index (κ1) is 14.5. The highest BCUT2D eigenvalue weighted by molar-refractivity contribution is 5.92. The second kappa shape index (κ2) is 5.42. The molecule has 0 spiro atoms. The lowest BCUT2D eigenvalue weighted by molar-refractivity contribution is 0.0786. The fourth-order valence-corrected chi connectivity index (χ4v) is 1.73. The van der Waals surface area contributed by atoms with Crippen LogP contribution in [0.5, 0.6) is 0 Å². The number of unbranched alkanes of at least 4 members (excludes halogenated alkanes) is 1. The lowest BCUT2D eigenvalue weighted by atomic mass is 10.1. The molecule has 1 amide bonds. The molecule has 5 heteroatoms. The van der Waals surface area contributed by atoms with Crippen LogP contribution in [0.3, 0.4) is 0 Å². The number of amides is 1. The number of carbonyl (C=O) groups is 1. The minimum absolute atomic E-state index is 0.0712. The monoisotopic (exact) mass is 252 g/mol. The van der Waals surface area contributed by atoms with Crippen molar-refractivity contribution in [3.8, 4) is 0 Å². The molecule has 1 aromatic heterocycles. The molecule has 102 valence electrons. The molecule has 0 aliphatic rings. The van der Waals surface area contributed by atoms with Gasteiger partial charge in [0.25, 0.3) is 5.91 Å². The average Bonchev–Trinajstić information content (AvgIpc) is 2.66. The van der Waals surface area contributed by atoms with Gasteiger partial charge in [-0.2, -0.15) is 5.10 Å². The number of aromatic nitrogens is 2. The van der Waals surface area contributed by atoms with Crippen LogP contribution in [0.15, 0.2) is 6.07 Å². The summed E-state index contributed by atoms with van der Waals surface area (Å²) in [6.45, 7) is 8.87. The molecule has 0 aliphatic carbocycles. The van der Waals surface area contributed by atoms with Crippen molar-refractivity contribution < 1.29 is 4.79 Å². The number of nitrogens with zero attached hydrogens (tertiary/aromatic N) is 3. The van der Waals surface area contributed by atoms with E-state index in [-0.39, 0.29) is 11.4 Å². The van der Waals surface area contributed by atoms with Crippen LogP contribution in [0.2, 0.25) is 0 Å². The molecule has 5 nitrogen and oxygen atoms in total. The zero-order valence-electron chi connectivity index (χ0n) is 12.0. The summed E-state index contributed by atoms with van der Waals surface area (Å²) in [5, 5.41) is 4.31. The van der Waals surface area contributed by atoms with Gasteiger partial charge in [0.1, 0.15) is 5.82 Å². The molecule has 0 atom stereocenters. The Balaban J connectivity index is 2.88. The molecule has 1 aromatic rings. The highest BCUT2D eigenvalue weighted by atomic mass is 16.2. The molecule has 0 saturated heterocycles. The van der Waals surface area contributed by atoms with Gasteiger partial charge in [0.2, 0.25) is 0 Å². The number of rotatable bonds is 4. The van der Waals surface area contributed by atoms with Crippen molar-refractivity contribution in [3.63, 3.8) is 0 Å². The third-order valence-corrected chi connectivity index (χ3v) is 2.79. The summed E-state index contributed by atoms with van der Waals surface area (Å²) in [4.78, 5) is 13.8. The summed E-state index contributed by atoms with van der Waals surface area (Å²) in [5.74, 6) is 0.452. The second-order valence-electron chi connectivity index (χ2n) is 5.62. The van der Waals surface area contributed by atoms with E-state index < -0.39 is 0 Å². The average molecular weight is 252 g/mol. The number of anilines is 1. The van der Waals surface area contributed by atoms with Gasteiger partial charge in [-0.15, -0.1) is 0 Å². The Hall–Kier alpha value is -1.52. The summed E-state index contributed by atoms with van der Waals surface area (Å²) >= 11 is 0. The van der Waals surface area contributed by atoms with Gasteiger partial charge in [-0.05, 0) is 27.2 Å². The number of hydrogen-bond acceptors (Lipinski definition) is 3. The molecule has 18 heavy (non-hydrogen) atoms. The first-order chi connectivity index (χ1) is 8.27.